The molecule has 0 aliphatic heterocycles. The van der Waals surface area contributed by atoms with Gasteiger partial charge in [-0.1, -0.05) is 11.6 Å². The van der Waals surface area contributed by atoms with Crippen LogP contribution in [0.1, 0.15) is 17.0 Å². The molecule has 0 aliphatic rings. The van der Waals surface area contributed by atoms with E-state index in [1.165, 1.54) is 6.33 Å². The topological polar surface area (TPSA) is 96.2 Å². The van der Waals surface area contributed by atoms with E-state index in [0.29, 0.717) is 10.8 Å². The zero-order valence-electron chi connectivity index (χ0n) is 14.1. The SMILES string of the molecule is Cc1nc2ncnn2c(C)c1CC(=O)NNC(=S)Nc1ccc(Cl)cc1. The number of aromatic nitrogens is 4. The third-order valence-electron chi connectivity index (χ3n) is 3.74. The van der Waals surface area contributed by atoms with Crippen LogP contribution in [0.3, 0.4) is 0 Å². The van der Waals surface area contributed by atoms with Crippen LogP contribution < -0.4 is 16.2 Å². The summed E-state index contributed by atoms with van der Waals surface area (Å²) < 4.78 is 1.61. The number of carbonyl (C=O) groups is 1. The third kappa shape index (κ3) is 4.06. The number of thiocarbonyl (C=S) groups is 1. The molecule has 0 saturated carbocycles. The first-order valence-electron chi connectivity index (χ1n) is 7.71. The standard InChI is InChI=1S/C16H16ClN7OS/c1-9-13(10(2)24-15(20-9)18-8-19-24)7-14(25)22-23-16(26)21-12-5-3-11(17)4-6-12/h3-6,8H,7H2,1-2H3,(H,22,25)(H2,21,23,26). The molecule has 0 radical (unpaired) electrons. The molecule has 0 spiro atoms. The number of rotatable bonds is 3. The molecule has 1 amide bonds. The van der Waals surface area contributed by atoms with Gasteiger partial charge in [-0.2, -0.15) is 10.1 Å². The Morgan fingerprint density at radius 1 is 1.23 bits per heavy atom. The Balaban J connectivity index is 1.59. The molecule has 0 unspecified atom stereocenters. The van der Waals surface area contributed by atoms with Crippen molar-refractivity contribution in [2.45, 2.75) is 20.3 Å². The summed E-state index contributed by atoms with van der Waals surface area (Å²) in [7, 11) is 0. The van der Waals surface area contributed by atoms with Gasteiger partial charge in [0.05, 0.1) is 6.42 Å². The zero-order chi connectivity index (χ0) is 18.7. The van der Waals surface area contributed by atoms with Gasteiger partial charge in [0.15, 0.2) is 5.11 Å². The summed E-state index contributed by atoms with van der Waals surface area (Å²) in [5.41, 5.74) is 8.34. The first-order valence-corrected chi connectivity index (χ1v) is 8.50. The highest BCUT2D eigenvalue weighted by molar-refractivity contribution is 7.80. The van der Waals surface area contributed by atoms with Gasteiger partial charge in [-0.15, -0.1) is 0 Å². The summed E-state index contributed by atoms with van der Waals surface area (Å²) in [4.78, 5) is 20.6. The van der Waals surface area contributed by atoms with Crippen molar-refractivity contribution in [1.82, 2.24) is 30.4 Å². The maximum Gasteiger partial charge on any atom is 0.252 e. The summed E-state index contributed by atoms with van der Waals surface area (Å²) in [5, 5.41) is 7.95. The van der Waals surface area contributed by atoms with Crippen molar-refractivity contribution in [1.29, 1.82) is 0 Å². The second kappa shape index (κ2) is 7.63. The fraction of sp³-hybridized carbons (Fsp3) is 0.188. The largest absolute Gasteiger partial charge is 0.331 e. The van der Waals surface area contributed by atoms with E-state index in [-0.39, 0.29) is 17.4 Å². The number of halogens is 1. The van der Waals surface area contributed by atoms with Crippen LogP contribution in [0, 0.1) is 13.8 Å². The summed E-state index contributed by atoms with van der Waals surface area (Å²) in [6.45, 7) is 3.71. The molecule has 2 aromatic heterocycles. The number of benzene rings is 1. The minimum Gasteiger partial charge on any atom is -0.331 e. The molecule has 2 heterocycles. The van der Waals surface area contributed by atoms with Gasteiger partial charge < -0.3 is 5.32 Å². The molecule has 3 N–H and O–H groups in total. The van der Waals surface area contributed by atoms with Crippen LogP contribution >= 0.6 is 23.8 Å². The summed E-state index contributed by atoms with van der Waals surface area (Å²) in [6, 6.07) is 7.04. The highest BCUT2D eigenvalue weighted by Crippen LogP contribution is 2.14. The van der Waals surface area contributed by atoms with Crippen LogP contribution in [0.25, 0.3) is 5.78 Å². The number of hydrogen-bond donors (Lipinski definition) is 3. The van der Waals surface area contributed by atoms with E-state index in [1.54, 1.807) is 28.8 Å². The second-order valence-corrected chi connectivity index (χ2v) is 6.39. The molecule has 8 nitrogen and oxygen atoms in total. The average Bonchev–Trinajstić information content (AvgIpc) is 3.07. The normalized spacial score (nSPS) is 10.6. The van der Waals surface area contributed by atoms with E-state index in [9.17, 15) is 4.79 Å². The van der Waals surface area contributed by atoms with E-state index in [2.05, 4.69) is 31.2 Å². The Bertz CT molecular complexity index is 971. The highest BCUT2D eigenvalue weighted by atomic mass is 35.5. The molecular formula is C16H16ClN7OS. The van der Waals surface area contributed by atoms with Gasteiger partial charge in [0.2, 0.25) is 5.91 Å². The quantitative estimate of drug-likeness (QED) is 0.465. The van der Waals surface area contributed by atoms with E-state index in [1.807, 2.05) is 13.8 Å². The number of nitrogens with zero attached hydrogens (tertiary/aromatic N) is 4. The van der Waals surface area contributed by atoms with Gasteiger partial charge in [0, 0.05) is 27.7 Å². The Hall–Kier alpha value is -2.78. The van der Waals surface area contributed by atoms with Crippen molar-refractivity contribution < 1.29 is 4.79 Å². The van der Waals surface area contributed by atoms with Gasteiger partial charge in [-0.25, -0.2) is 9.50 Å². The number of hydrogen-bond acceptors (Lipinski definition) is 5. The summed E-state index contributed by atoms with van der Waals surface area (Å²) in [6.07, 6.45) is 1.57. The van der Waals surface area contributed by atoms with E-state index >= 15 is 0 Å². The summed E-state index contributed by atoms with van der Waals surface area (Å²) >= 11 is 11.0. The average molecular weight is 390 g/mol. The van der Waals surface area contributed by atoms with Crippen molar-refractivity contribution in [2.75, 3.05) is 5.32 Å². The van der Waals surface area contributed by atoms with Gasteiger partial charge in [-0.05, 0) is 50.3 Å². The van der Waals surface area contributed by atoms with Crippen molar-refractivity contribution in [3.05, 3.63) is 52.6 Å². The fourth-order valence-corrected chi connectivity index (χ4v) is 2.73. The first kappa shape index (κ1) is 18.0. The lowest BCUT2D eigenvalue weighted by atomic mass is 10.1. The predicted octanol–water partition coefficient (Wildman–Crippen LogP) is 1.95. The minimum atomic E-state index is -0.252. The van der Waals surface area contributed by atoms with Crippen LogP contribution in [-0.2, 0) is 11.2 Å². The Kier molecular flexibility index (Phi) is 5.29. The molecule has 134 valence electrons. The van der Waals surface area contributed by atoms with Crippen molar-refractivity contribution >= 4 is 46.3 Å². The molecule has 3 rings (SSSR count). The molecular weight excluding hydrogens is 374 g/mol. The van der Waals surface area contributed by atoms with Crippen LogP contribution in [0.4, 0.5) is 5.69 Å². The Morgan fingerprint density at radius 3 is 2.69 bits per heavy atom. The number of aryl methyl sites for hydroxylation is 2. The molecule has 0 atom stereocenters. The van der Waals surface area contributed by atoms with Gasteiger partial charge in [0.25, 0.3) is 5.78 Å². The second-order valence-electron chi connectivity index (χ2n) is 5.54. The number of carbonyl (C=O) groups excluding carboxylic acids is 1. The van der Waals surface area contributed by atoms with Crippen LogP contribution in [0.15, 0.2) is 30.6 Å². The van der Waals surface area contributed by atoms with Crippen molar-refractivity contribution in [3.63, 3.8) is 0 Å². The van der Waals surface area contributed by atoms with E-state index in [4.69, 9.17) is 23.8 Å². The number of amides is 1. The van der Waals surface area contributed by atoms with Crippen LogP contribution in [0.2, 0.25) is 5.02 Å². The van der Waals surface area contributed by atoms with Crippen LogP contribution in [-0.4, -0.2) is 30.6 Å². The molecule has 26 heavy (non-hydrogen) atoms. The molecule has 0 fully saturated rings. The monoisotopic (exact) mass is 389 g/mol. The van der Waals surface area contributed by atoms with E-state index in [0.717, 1.165) is 22.6 Å². The lowest BCUT2D eigenvalue weighted by Gasteiger charge is -2.13. The van der Waals surface area contributed by atoms with Crippen LogP contribution in [0.5, 0.6) is 0 Å². The number of nitrogens with one attached hydrogen (secondary N) is 3. The van der Waals surface area contributed by atoms with Gasteiger partial charge >= 0.3 is 0 Å². The number of hydrazine groups is 1. The van der Waals surface area contributed by atoms with E-state index < -0.39 is 0 Å². The zero-order valence-corrected chi connectivity index (χ0v) is 15.6. The molecule has 3 aromatic rings. The minimum absolute atomic E-state index is 0.136. The maximum atomic E-state index is 12.2. The van der Waals surface area contributed by atoms with Crippen molar-refractivity contribution in [3.8, 4) is 0 Å². The third-order valence-corrected chi connectivity index (χ3v) is 4.20. The molecule has 0 bridgehead atoms. The maximum absolute atomic E-state index is 12.2. The Labute approximate surface area is 160 Å². The lowest BCUT2D eigenvalue weighted by molar-refractivity contribution is -0.121. The highest BCUT2D eigenvalue weighted by Gasteiger charge is 2.14. The van der Waals surface area contributed by atoms with Crippen molar-refractivity contribution in [2.24, 2.45) is 0 Å². The summed E-state index contributed by atoms with van der Waals surface area (Å²) in [5.74, 6) is 0.258. The molecule has 10 heteroatoms. The molecule has 0 aliphatic carbocycles. The number of anilines is 1. The molecule has 0 saturated heterocycles. The van der Waals surface area contributed by atoms with Gasteiger partial charge in [0.1, 0.15) is 6.33 Å². The number of fused-ring (bicyclic) bond motifs is 1. The predicted molar refractivity (Wildman–Crippen MR) is 103 cm³/mol. The Morgan fingerprint density at radius 2 is 1.96 bits per heavy atom. The first-order chi connectivity index (χ1) is 12.4. The smallest absolute Gasteiger partial charge is 0.252 e. The van der Waals surface area contributed by atoms with Gasteiger partial charge in [-0.3, -0.25) is 15.6 Å². The lowest BCUT2D eigenvalue weighted by Crippen LogP contribution is -2.44. The fourth-order valence-electron chi connectivity index (χ4n) is 2.44. The molecule has 1 aromatic carbocycles.